The van der Waals surface area contributed by atoms with Crippen LogP contribution < -0.4 is 0 Å². The molecule has 3 nitrogen and oxygen atoms in total. The van der Waals surface area contributed by atoms with Crippen LogP contribution in [0.25, 0.3) is 26.5 Å². The molecule has 0 bridgehead atoms. The zero-order valence-corrected chi connectivity index (χ0v) is 17.3. The van der Waals surface area contributed by atoms with E-state index in [2.05, 4.69) is 30.3 Å². The first-order chi connectivity index (χ1) is 14.0. The first-order valence-electron chi connectivity index (χ1n) is 9.37. The van der Waals surface area contributed by atoms with Crippen LogP contribution in [0.4, 0.5) is 0 Å². The zero-order valence-electron chi connectivity index (χ0n) is 16.5. The maximum Gasteiger partial charge on any atom is 0.347 e. The van der Waals surface area contributed by atoms with Gasteiger partial charge in [0.25, 0.3) is 0 Å². The van der Waals surface area contributed by atoms with Gasteiger partial charge in [-0.2, -0.15) is 0 Å². The fourth-order valence-corrected chi connectivity index (χ4v) is 4.76. The predicted octanol–water partition coefficient (Wildman–Crippen LogP) is 6.28. The minimum atomic E-state index is -0.574. The average Bonchev–Trinajstić information content (AvgIpc) is 3.30. The first kappa shape index (κ1) is 19.1. The Hall–Kier alpha value is -3.24. The summed E-state index contributed by atoms with van der Waals surface area (Å²) in [5, 5.41) is 0. The molecule has 29 heavy (non-hydrogen) atoms. The average molecular weight is 400 g/mol. The third-order valence-corrected chi connectivity index (χ3v) is 6.18. The van der Waals surface area contributed by atoms with Crippen LogP contribution in [0.3, 0.4) is 0 Å². The Kier molecular flexibility index (Phi) is 5.03. The summed E-state index contributed by atoms with van der Waals surface area (Å²) in [6.45, 7) is 5.54. The van der Waals surface area contributed by atoms with Crippen LogP contribution in [-0.2, 0) is 14.3 Å². The number of rotatable bonds is 3. The van der Waals surface area contributed by atoms with Crippen LogP contribution in [0.5, 0.6) is 0 Å². The van der Waals surface area contributed by atoms with Crippen molar-refractivity contribution in [3.8, 4) is 20.9 Å². The van der Waals surface area contributed by atoms with Gasteiger partial charge >= 0.3 is 11.9 Å². The standard InChI is InChI=1S/C25H20O3S/c1-15(2)21-22(25(27)28-24(21)26)16(3)19-14-20(17-10-6-4-7-11-17)29-23(19)18-12-8-5-9-13-18/h4-14H,1-3H3/b22-16-. The molecule has 0 atom stereocenters. The maximum atomic E-state index is 12.5. The smallest absolute Gasteiger partial charge is 0.347 e. The molecular weight excluding hydrogens is 380 g/mol. The van der Waals surface area contributed by atoms with Crippen molar-refractivity contribution < 1.29 is 14.3 Å². The van der Waals surface area contributed by atoms with Gasteiger partial charge in [-0.25, -0.2) is 9.59 Å². The number of carbonyl (C=O) groups is 2. The van der Waals surface area contributed by atoms with Gasteiger partial charge in [0, 0.05) is 9.75 Å². The molecule has 0 saturated carbocycles. The van der Waals surface area contributed by atoms with Gasteiger partial charge in [-0.3, -0.25) is 0 Å². The van der Waals surface area contributed by atoms with Crippen molar-refractivity contribution in [1.82, 2.24) is 0 Å². The van der Waals surface area contributed by atoms with Crippen LogP contribution in [0.2, 0.25) is 0 Å². The number of ether oxygens (including phenoxy) is 1. The summed E-state index contributed by atoms with van der Waals surface area (Å²) < 4.78 is 4.94. The fraction of sp³-hybridized carbons (Fsp3) is 0.120. The topological polar surface area (TPSA) is 43.4 Å². The second kappa shape index (κ2) is 7.64. The van der Waals surface area contributed by atoms with E-state index in [9.17, 15) is 9.59 Å². The largest absolute Gasteiger partial charge is 0.386 e. The van der Waals surface area contributed by atoms with Crippen LogP contribution in [0.15, 0.2) is 83.4 Å². The molecule has 0 radical (unpaired) electrons. The third-order valence-electron chi connectivity index (χ3n) is 4.95. The van der Waals surface area contributed by atoms with Crippen molar-refractivity contribution in [3.63, 3.8) is 0 Å². The summed E-state index contributed by atoms with van der Waals surface area (Å²) in [4.78, 5) is 26.9. The molecule has 144 valence electrons. The second-order valence-corrected chi connectivity index (χ2v) is 8.19. The molecule has 0 unspecified atom stereocenters. The molecule has 1 aliphatic rings. The Bertz CT molecular complexity index is 1160. The lowest BCUT2D eigenvalue weighted by Crippen LogP contribution is -1.99. The number of thiophene rings is 1. The Morgan fingerprint density at radius 2 is 1.31 bits per heavy atom. The van der Waals surface area contributed by atoms with Gasteiger partial charge in [0.15, 0.2) is 0 Å². The van der Waals surface area contributed by atoms with Crippen LogP contribution in [-0.4, -0.2) is 11.9 Å². The quantitative estimate of drug-likeness (QED) is 0.295. The maximum absolute atomic E-state index is 12.5. The number of hydrogen-bond acceptors (Lipinski definition) is 4. The highest BCUT2D eigenvalue weighted by molar-refractivity contribution is 7.19. The molecule has 1 saturated heterocycles. The third kappa shape index (κ3) is 3.47. The predicted molar refractivity (Wildman–Crippen MR) is 117 cm³/mol. The van der Waals surface area contributed by atoms with Gasteiger partial charge in [-0.15, -0.1) is 11.3 Å². The SMILES string of the molecule is CC(C)=C1C(=O)OC(=O)/C1=C(/C)c1cc(-c2ccccc2)sc1-c1ccccc1. The Morgan fingerprint density at radius 3 is 1.90 bits per heavy atom. The van der Waals surface area contributed by atoms with Crippen molar-refractivity contribution in [1.29, 1.82) is 0 Å². The van der Waals surface area contributed by atoms with E-state index in [-0.39, 0.29) is 0 Å². The highest BCUT2D eigenvalue weighted by Crippen LogP contribution is 2.43. The lowest BCUT2D eigenvalue weighted by molar-refractivity contribution is -0.149. The molecule has 0 amide bonds. The normalized spacial score (nSPS) is 15.5. The Labute approximate surface area is 174 Å². The van der Waals surface area contributed by atoms with Gasteiger partial charge in [-0.1, -0.05) is 66.2 Å². The number of esters is 2. The first-order valence-corrected chi connectivity index (χ1v) is 10.2. The Morgan fingerprint density at radius 1 is 0.759 bits per heavy atom. The van der Waals surface area contributed by atoms with E-state index in [1.165, 1.54) is 0 Å². The van der Waals surface area contributed by atoms with Crippen LogP contribution >= 0.6 is 11.3 Å². The van der Waals surface area contributed by atoms with Crippen molar-refractivity contribution >= 4 is 28.8 Å². The summed E-state index contributed by atoms with van der Waals surface area (Å²) in [6, 6.07) is 22.3. The zero-order chi connectivity index (χ0) is 20.5. The van der Waals surface area contributed by atoms with Crippen molar-refractivity contribution in [2.24, 2.45) is 0 Å². The summed E-state index contributed by atoms with van der Waals surface area (Å²) in [5.74, 6) is -1.14. The molecule has 3 aromatic rings. The molecule has 4 rings (SSSR count). The van der Waals surface area contributed by atoms with Gasteiger partial charge in [0.2, 0.25) is 0 Å². The van der Waals surface area contributed by atoms with Crippen LogP contribution in [0.1, 0.15) is 26.3 Å². The summed E-state index contributed by atoms with van der Waals surface area (Å²) in [5.41, 5.74) is 5.41. The van der Waals surface area contributed by atoms with E-state index in [0.29, 0.717) is 11.1 Å². The van der Waals surface area contributed by atoms with E-state index < -0.39 is 11.9 Å². The highest BCUT2D eigenvalue weighted by Gasteiger charge is 2.36. The molecular formula is C25H20O3S. The molecule has 2 heterocycles. The molecule has 0 N–H and O–H groups in total. The van der Waals surface area contributed by atoms with Gasteiger partial charge < -0.3 is 4.74 Å². The van der Waals surface area contributed by atoms with Crippen molar-refractivity contribution in [2.75, 3.05) is 0 Å². The van der Waals surface area contributed by atoms with E-state index in [1.807, 2.05) is 57.2 Å². The van der Waals surface area contributed by atoms with E-state index >= 15 is 0 Å². The van der Waals surface area contributed by atoms with Gasteiger partial charge in [0.1, 0.15) is 0 Å². The van der Waals surface area contributed by atoms with Crippen LogP contribution in [0, 0.1) is 0 Å². The minimum absolute atomic E-state index is 0.365. The molecule has 4 heteroatoms. The molecule has 2 aromatic carbocycles. The molecule has 1 fully saturated rings. The van der Waals surface area contributed by atoms with Crippen molar-refractivity contribution in [2.45, 2.75) is 20.8 Å². The molecule has 1 aliphatic heterocycles. The van der Waals surface area contributed by atoms with E-state index in [1.54, 1.807) is 11.3 Å². The highest BCUT2D eigenvalue weighted by atomic mass is 32.1. The number of cyclic esters (lactones) is 2. The number of allylic oxidation sites excluding steroid dienone is 2. The second-order valence-electron chi connectivity index (χ2n) is 7.14. The molecule has 0 spiro atoms. The number of benzene rings is 2. The van der Waals surface area contributed by atoms with Gasteiger partial charge in [-0.05, 0) is 49.1 Å². The molecule has 0 aliphatic carbocycles. The summed E-state index contributed by atoms with van der Waals surface area (Å²) in [6.07, 6.45) is 0. The lowest BCUT2D eigenvalue weighted by Gasteiger charge is -2.07. The number of hydrogen-bond donors (Lipinski definition) is 0. The van der Waals surface area contributed by atoms with E-state index in [4.69, 9.17) is 4.74 Å². The lowest BCUT2D eigenvalue weighted by atomic mass is 9.93. The van der Waals surface area contributed by atoms with Gasteiger partial charge in [0.05, 0.1) is 11.1 Å². The molecule has 1 aromatic heterocycles. The Balaban J connectivity index is 1.98. The summed E-state index contributed by atoms with van der Waals surface area (Å²) in [7, 11) is 0. The fourth-order valence-electron chi connectivity index (χ4n) is 3.54. The summed E-state index contributed by atoms with van der Waals surface area (Å²) >= 11 is 1.68. The van der Waals surface area contributed by atoms with E-state index in [0.717, 1.165) is 37.6 Å². The number of carbonyl (C=O) groups excluding carboxylic acids is 2. The monoisotopic (exact) mass is 400 g/mol. The van der Waals surface area contributed by atoms with Crippen molar-refractivity contribution in [3.05, 3.63) is 89.0 Å². The minimum Gasteiger partial charge on any atom is -0.386 e.